The van der Waals surface area contributed by atoms with Crippen molar-refractivity contribution in [2.45, 2.75) is 25.7 Å². The molecule has 1 amide bonds. The van der Waals surface area contributed by atoms with Crippen molar-refractivity contribution in [2.24, 2.45) is 0 Å². The van der Waals surface area contributed by atoms with Crippen LogP contribution in [0.2, 0.25) is 0 Å². The van der Waals surface area contributed by atoms with Crippen molar-refractivity contribution in [3.8, 4) is 11.6 Å². The molecule has 7 nitrogen and oxygen atoms in total. The number of hydrogen-bond donors (Lipinski definition) is 2. The third-order valence-corrected chi connectivity index (χ3v) is 4.34. The predicted molar refractivity (Wildman–Crippen MR) is 84.1 cm³/mol. The molecule has 122 valence electrons. The van der Waals surface area contributed by atoms with E-state index in [0.717, 1.165) is 18.4 Å². The second kappa shape index (κ2) is 5.91. The molecular weight excluding hydrogens is 298 g/mol. The average Bonchev–Trinajstić information content (AvgIpc) is 2.53. The summed E-state index contributed by atoms with van der Waals surface area (Å²) in [5.41, 5.74) is 1.60. The van der Waals surface area contributed by atoms with Crippen molar-refractivity contribution in [2.75, 3.05) is 20.2 Å². The maximum absolute atomic E-state index is 11.0. The van der Waals surface area contributed by atoms with Crippen LogP contribution in [0.3, 0.4) is 0 Å². The first-order valence-electron chi connectivity index (χ1n) is 7.52. The fraction of sp³-hybridized carbons (Fsp3) is 0.438. The quantitative estimate of drug-likeness (QED) is 0.883. The maximum atomic E-state index is 11.0. The number of carbonyl (C=O) groups is 1. The Balaban J connectivity index is 1.99. The maximum Gasteiger partial charge on any atom is 0.407 e. The number of aromatic nitrogens is 2. The fourth-order valence-corrected chi connectivity index (χ4v) is 3.15. The van der Waals surface area contributed by atoms with Gasteiger partial charge in [0.15, 0.2) is 0 Å². The lowest BCUT2D eigenvalue weighted by atomic mass is 9.88. The summed E-state index contributed by atoms with van der Waals surface area (Å²) in [5.74, 6) is 1.35. The Morgan fingerprint density at radius 3 is 2.61 bits per heavy atom. The van der Waals surface area contributed by atoms with Crippen molar-refractivity contribution >= 4 is 17.0 Å². The van der Waals surface area contributed by atoms with Crippen LogP contribution in [0.5, 0.6) is 11.6 Å². The van der Waals surface area contributed by atoms with Gasteiger partial charge in [-0.25, -0.2) is 9.78 Å². The van der Waals surface area contributed by atoms with Crippen LogP contribution < -0.4 is 4.74 Å². The second-order valence-electron chi connectivity index (χ2n) is 5.75. The summed E-state index contributed by atoms with van der Waals surface area (Å²) in [6.07, 6.45) is 0.568. The minimum atomic E-state index is -0.879. The molecule has 2 N–H and O–H groups in total. The summed E-state index contributed by atoms with van der Waals surface area (Å²) in [4.78, 5) is 20.8. The first kappa shape index (κ1) is 15.3. The van der Waals surface area contributed by atoms with Crippen LogP contribution in [-0.2, 0) is 0 Å². The van der Waals surface area contributed by atoms with E-state index in [0.29, 0.717) is 35.6 Å². The summed E-state index contributed by atoms with van der Waals surface area (Å²) in [5, 5.41) is 19.7. The Morgan fingerprint density at radius 2 is 2.00 bits per heavy atom. The number of fused-ring (bicyclic) bond motifs is 1. The number of ether oxygens (including phenoxy) is 1. The van der Waals surface area contributed by atoms with Crippen LogP contribution in [0.25, 0.3) is 10.9 Å². The number of rotatable bonds is 2. The predicted octanol–water partition coefficient (Wildman–Crippen LogP) is 2.51. The second-order valence-corrected chi connectivity index (χ2v) is 5.75. The lowest BCUT2D eigenvalue weighted by molar-refractivity contribution is 0.132. The van der Waals surface area contributed by atoms with E-state index in [4.69, 9.17) is 9.84 Å². The number of aryl methyl sites for hydroxylation is 1. The molecule has 1 aliphatic rings. The number of piperidine rings is 1. The third kappa shape index (κ3) is 2.86. The van der Waals surface area contributed by atoms with E-state index in [-0.39, 0.29) is 11.8 Å². The number of aromatic hydroxyl groups is 1. The molecule has 7 heteroatoms. The molecule has 2 aromatic rings. The van der Waals surface area contributed by atoms with Crippen LogP contribution in [-0.4, -0.2) is 51.4 Å². The van der Waals surface area contributed by atoms with Crippen LogP contribution in [0, 0.1) is 6.92 Å². The van der Waals surface area contributed by atoms with Crippen molar-refractivity contribution in [1.82, 2.24) is 14.9 Å². The van der Waals surface area contributed by atoms with Gasteiger partial charge in [0, 0.05) is 19.2 Å². The number of methoxy groups -OCH3 is 1. The molecule has 1 aliphatic heterocycles. The van der Waals surface area contributed by atoms with Gasteiger partial charge in [-0.1, -0.05) is 0 Å². The molecule has 0 bridgehead atoms. The monoisotopic (exact) mass is 317 g/mol. The van der Waals surface area contributed by atoms with Crippen molar-refractivity contribution in [3.63, 3.8) is 0 Å². The van der Waals surface area contributed by atoms with Gasteiger partial charge in [0.2, 0.25) is 5.88 Å². The zero-order chi connectivity index (χ0) is 16.6. The van der Waals surface area contributed by atoms with Gasteiger partial charge in [-0.3, -0.25) is 0 Å². The summed E-state index contributed by atoms with van der Waals surface area (Å²) < 4.78 is 5.49. The molecular formula is C16H19N3O4. The highest BCUT2D eigenvalue weighted by molar-refractivity contribution is 5.85. The number of carboxylic acid groups (broad SMARTS) is 1. The smallest absolute Gasteiger partial charge is 0.407 e. The fourth-order valence-electron chi connectivity index (χ4n) is 3.15. The molecule has 0 spiro atoms. The van der Waals surface area contributed by atoms with E-state index < -0.39 is 6.09 Å². The average molecular weight is 317 g/mol. The first-order chi connectivity index (χ1) is 11.0. The molecule has 0 atom stereocenters. The zero-order valence-corrected chi connectivity index (χ0v) is 13.1. The lowest BCUT2D eigenvalue weighted by Gasteiger charge is -2.31. The normalized spacial score (nSPS) is 15.8. The van der Waals surface area contributed by atoms with E-state index in [1.165, 1.54) is 4.90 Å². The van der Waals surface area contributed by atoms with Crippen LogP contribution in [0.4, 0.5) is 4.79 Å². The molecule has 0 saturated carbocycles. The van der Waals surface area contributed by atoms with Crippen molar-refractivity contribution in [3.05, 3.63) is 23.5 Å². The van der Waals surface area contributed by atoms with Crippen LogP contribution >= 0.6 is 0 Å². The first-order valence-corrected chi connectivity index (χ1v) is 7.52. The van der Waals surface area contributed by atoms with Gasteiger partial charge in [-0.05, 0) is 37.3 Å². The van der Waals surface area contributed by atoms with Crippen LogP contribution in [0.1, 0.15) is 30.1 Å². The molecule has 1 fully saturated rings. The molecule has 2 heterocycles. The molecule has 0 radical (unpaired) electrons. The van der Waals surface area contributed by atoms with Crippen molar-refractivity contribution in [1.29, 1.82) is 0 Å². The SMILES string of the molecule is COc1cc2nc(C)nc(O)c2cc1C1CCN(C(=O)O)CC1. The molecule has 23 heavy (non-hydrogen) atoms. The number of hydrogen-bond acceptors (Lipinski definition) is 5. The Morgan fingerprint density at radius 1 is 1.30 bits per heavy atom. The Hall–Kier alpha value is -2.57. The molecule has 3 rings (SSSR count). The summed E-state index contributed by atoms with van der Waals surface area (Å²) in [7, 11) is 1.60. The number of amides is 1. The topological polar surface area (TPSA) is 95.8 Å². The van der Waals surface area contributed by atoms with Crippen molar-refractivity contribution < 1.29 is 19.7 Å². The number of likely N-dealkylation sites (tertiary alicyclic amines) is 1. The van der Waals surface area contributed by atoms with Gasteiger partial charge < -0.3 is 19.8 Å². The third-order valence-electron chi connectivity index (χ3n) is 4.34. The van der Waals surface area contributed by atoms with E-state index in [1.54, 1.807) is 14.0 Å². The summed E-state index contributed by atoms with van der Waals surface area (Å²) >= 11 is 0. The number of benzene rings is 1. The molecule has 1 saturated heterocycles. The Kier molecular flexibility index (Phi) is 3.94. The highest BCUT2D eigenvalue weighted by Crippen LogP contribution is 2.38. The minimum Gasteiger partial charge on any atom is -0.496 e. The Bertz CT molecular complexity index is 755. The van der Waals surface area contributed by atoms with Gasteiger partial charge in [0.1, 0.15) is 11.6 Å². The summed E-state index contributed by atoms with van der Waals surface area (Å²) in [6, 6.07) is 3.67. The molecule has 1 aromatic carbocycles. The van der Waals surface area contributed by atoms with Gasteiger partial charge in [-0.2, -0.15) is 4.98 Å². The van der Waals surface area contributed by atoms with E-state index >= 15 is 0 Å². The van der Waals surface area contributed by atoms with Gasteiger partial charge in [0.05, 0.1) is 18.0 Å². The van der Waals surface area contributed by atoms with Gasteiger partial charge in [0.25, 0.3) is 0 Å². The molecule has 1 aromatic heterocycles. The minimum absolute atomic E-state index is 0.0422. The standard InChI is InChI=1S/C16H19N3O4/c1-9-17-13-8-14(23-2)11(7-12(13)15(20)18-9)10-3-5-19(6-4-10)16(21)22/h7-8,10H,3-6H2,1-2H3,(H,21,22)(H,17,18,20). The highest BCUT2D eigenvalue weighted by Gasteiger charge is 2.26. The lowest BCUT2D eigenvalue weighted by Crippen LogP contribution is -2.36. The van der Waals surface area contributed by atoms with Gasteiger partial charge in [-0.15, -0.1) is 0 Å². The summed E-state index contributed by atoms with van der Waals surface area (Å²) in [6.45, 7) is 2.72. The largest absolute Gasteiger partial charge is 0.496 e. The van der Waals surface area contributed by atoms with E-state index in [1.807, 2.05) is 12.1 Å². The number of nitrogens with zero attached hydrogens (tertiary/aromatic N) is 3. The highest BCUT2D eigenvalue weighted by atomic mass is 16.5. The molecule has 0 aliphatic carbocycles. The zero-order valence-electron chi connectivity index (χ0n) is 13.1. The molecule has 0 unspecified atom stereocenters. The van der Waals surface area contributed by atoms with Crippen LogP contribution in [0.15, 0.2) is 12.1 Å². The van der Waals surface area contributed by atoms with Gasteiger partial charge >= 0.3 is 6.09 Å². The van der Waals surface area contributed by atoms with E-state index in [9.17, 15) is 9.90 Å². The van der Waals surface area contributed by atoms with E-state index in [2.05, 4.69) is 9.97 Å². The Labute approximate surface area is 133 Å².